The molecule has 0 saturated carbocycles. The number of ether oxygens (including phenoxy) is 3. The molecule has 1 aromatic heterocycles. The van der Waals surface area contributed by atoms with Gasteiger partial charge in [-0.2, -0.15) is 5.26 Å². The van der Waals surface area contributed by atoms with Gasteiger partial charge in [-0.3, -0.25) is 4.90 Å². The van der Waals surface area contributed by atoms with E-state index >= 15 is 0 Å². The van der Waals surface area contributed by atoms with Gasteiger partial charge in [0.25, 0.3) is 0 Å². The highest BCUT2D eigenvalue weighted by Crippen LogP contribution is 2.28. The van der Waals surface area contributed by atoms with E-state index in [9.17, 15) is 10.1 Å². The molecule has 0 bridgehead atoms. The maximum absolute atomic E-state index is 12.3. The highest BCUT2D eigenvalue weighted by Gasteiger charge is 2.29. The number of nitriles is 1. The van der Waals surface area contributed by atoms with E-state index in [1.165, 1.54) is 0 Å². The maximum Gasteiger partial charge on any atom is 0.410 e. The summed E-state index contributed by atoms with van der Waals surface area (Å²) < 4.78 is 17.2. The second-order valence-corrected chi connectivity index (χ2v) is 10.3. The molecule has 3 fully saturated rings. The Bertz CT molecular complexity index is 874. The molecule has 3 aliphatic rings. The van der Waals surface area contributed by atoms with Gasteiger partial charge in [-0.1, -0.05) is 0 Å². The summed E-state index contributed by atoms with van der Waals surface area (Å²) in [6.45, 7) is 12.3. The van der Waals surface area contributed by atoms with Crippen LogP contribution in [0.2, 0.25) is 0 Å². The molecule has 4 rings (SSSR count). The lowest BCUT2D eigenvalue weighted by molar-refractivity contribution is 0.0114. The van der Waals surface area contributed by atoms with Crippen LogP contribution in [0.5, 0.6) is 5.75 Å². The van der Waals surface area contributed by atoms with Crippen LogP contribution in [0.25, 0.3) is 0 Å². The number of morpholine rings is 1. The number of pyridine rings is 1. The zero-order valence-electron chi connectivity index (χ0n) is 20.7. The van der Waals surface area contributed by atoms with E-state index in [1.54, 1.807) is 11.0 Å². The molecule has 9 nitrogen and oxygen atoms in total. The minimum Gasteiger partial charge on any atom is -0.490 e. The van der Waals surface area contributed by atoms with Gasteiger partial charge in [0.15, 0.2) is 0 Å². The molecule has 3 saturated heterocycles. The summed E-state index contributed by atoms with van der Waals surface area (Å²) in [4.78, 5) is 23.4. The van der Waals surface area contributed by atoms with E-state index in [0.29, 0.717) is 30.6 Å². The molecule has 9 heteroatoms. The van der Waals surface area contributed by atoms with Gasteiger partial charge in [0.1, 0.15) is 35.0 Å². The Morgan fingerprint density at radius 1 is 1.06 bits per heavy atom. The van der Waals surface area contributed by atoms with Crippen molar-refractivity contribution in [2.75, 3.05) is 57.4 Å². The number of hydrogen-bond acceptors (Lipinski definition) is 8. The summed E-state index contributed by atoms with van der Waals surface area (Å²) in [7, 11) is 0. The van der Waals surface area contributed by atoms with Crippen molar-refractivity contribution in [2.45, 2.75) is 64.2 Å². The predicted octanol–water partition coefficient (Wildman–Crippen LogP) is 3.03. The first-order valence-corrected chi connectivity index (χ1v) is 12.4. The fourth-order valence-electron chi connectivity index (χ4n) is 4.86. The monoisotopic (exact) mass is 471 g/mol. The van der Waals surface area contributed by atoms with E-state index in [1.807, 2.05) is 26.8 Å². The maximum atomic E-state index is 12.3. The predicted molar refractivity (Wildman–Crippen MR) is 128 cm³/mol. The molecule has 3 aliphatic heterocycles. The second kappa shape index (κ2) is 10.8. The van der Waals surface area contributed by atoms with Crippen LogP contribution in [0.3, 0.4) is 0 Å². The Labute approximate surface area is 202 Å². The van der Waals surface area contributed by atoms with Crippen molar-refractivity contribution in [2.24, 2.45) is 0 Å². The van der Waals surface area contributed by atoms with Crippen LogP contribution in [-0.4, -0.2) is 91.1 Å². The third kappa shape index (κ3) is 6.51. The van der Waals surface area contributed by atoms with Crippen molar-refractivity contribution < 1.29 is 19.0 Å². The lowest BCUT2D eigenvalue weighted by Gasteiger charge is -2.40. The molecule has 0 unspecified atom stereocenters. The second-order valence-electron chi connectivity index (χ2n) is 10.3. The molecule has 1 aromatic rings. The molecular formula is C25H37N5O4. The zero-order chi connectivity index (χ0) is 24.1. The molecular weight excluding hydrogens is 434 g/mol. The first kappa shape index (κ1) is 24.6. The van der Waals surface area contributed by atoms with Crippen LogP contribution in [-0.2, 0) is 9.47 Å². The molecule has 186 valence electrons. The summed E-state index contributed by atoms with van der Waals surface area (Å²) >= 11 is 0. The number of rotatable bonds is 4. The fourth-order valence-corrected chi connectivity index (χ4v) is 4.86. The molecule has 0 aliphatic carbocycles. The Balaban J connectivity index is 1.32. The number of likely N-dealkylation sites (tertiary alicyclic amines) is 1. The number of carbonyl (C=O) groups excluding carboxylic acids is 1. The topological polar surface area (TPSA) is 91.2 Å². The number of aromatic nitrogens is 1. The average molecular weight is 472 g/mol. The summed E-state index contributed by atoms with van der Waals surface area (Å²) in [6.07, 6.45) is 3.33. The fraction of sp³-hybridized carbons (Fsp3) is 0.720. The summed E-state index contributed by atoms with van der Waals surface area (Å²) in [5.74, 6) is 1.48. The van der Waals surface area contributed by atoms with Crippen molar-refractivity contribution in [1.29, 1.82) is 5.26 Å². The van der Waals surface area contributed by atoms with E-state index < -0.39 is 5.60 Å². The number of piperidine rings is 2. The summed E-state index contributed by atoms with van der Waals surface area (Å²) in [5.41, 5.74) is -0.128. The SMILES string of the molecule is CC(C)(C)OC(=O)N1CCC(Oc2cc(C#N)nc(N3CCC(N4CCOCC4)CC3)c2)CC1. The lowest BCUT2D eigenvalue weighted by atomic mass is 10.0. The number of carbonyl (C=O) groups is 1. The number of anilines is 1. The van der Waals surface area contributed by atoms with Gasteiger partial charge in [0, 0.05) is 70.3 Å². The van der Waals surface area contributed by atoms with Crippen molar-refractivity contribution in [1.82, 2.24) is 14.8 Å². The molecule has 0 N–H and O–H groups in total. The summed E-state index contributed by atoms with van der Waals surface area (Å²) in [6, 6.07) is 6.43. The largest absolute Gasteiger partial charge is 0.490 e. The highest BCUT2D eigenvalue weighted by atomic mass is 16.6. The first-order chi connectivity index (χ1) is 16.3. The zero-order valence-corrected chi connectivity index (χ0v) is 20.7. The average Bonchev–Trinajstić information content (AvgIpc) is 2.84. The standard InChI is InChI=1S/C25H37N5O4/c1-25(2,3)34-24(31)30-10-6-21(7-11-30)33-22-16-19(18-26)27-23(17-22)29-8-4-20(5-9-29)28-12-14-32-15-13-28/h16-17,20-21H,4-15H2,1-3H3. The van der Waals surface area contributed by atoms with E-state index in [4.69, 9.17) is 14.2 Å². The van der Waals surface area contributed by atoms with Gasteiger partial charge in [0.05, 0.1) is 13.2 Å². The molecule has 0 radical (unpaired) electrons. The number of amides is 1. The number of nitrogens with zero attached hydrogens (tertiary/aromatic N) is 5. The van der Waals surface area contributed by atoms with E-state index in [0.717, 1.165) is 70.9 Å². The molecule has 0 spiro atoms. The molecule has 34 heavy (non-hydrogen) atoms. The lowest BCUT2D eigenvalue weighted by Crippen LogP contribution is -2.49. The Morgan fingerprint density at radius 2 is 1.74 bits per heavy atom. The molecule has 4 heterocycles. The van der Waals surface area contributed by atoms with Gasteiger partial charge in [0.2, 0.25) is 0 Å². The van der Waals surface area contributed by atoms with Crippen LogP contribution in [0.15, 0.2) is 12.1 Å². The Kier molecular flexibility index (Phi) is 7.79. The van der Waals surface area contributed by atoms with Crippen LogP contribution in [0.4, 0.5) is 10.6 Å². The number of hydrogen-bond donors (Lipinski definition) is 0. The smallest absolute Gasteiger partial charge is 0.410 e. The molecule has 0 aromatic carbocycles. The normalized spacial score (nSPS) is 21.2. The van der Waals surface area contributed by atoms with Crippen LogP contribution >= 0.6 is 0 Å². The van der Waals surface area contributed by atoms with Crippen LogP contribution in [0.1, 0.15) is 52.1 Å². The van der Waals surface area contributed by atoms with Crippen molar-refractivity contribution in [3.05, 3.63) is 17.8 Å². The van der Waals surface area contributed by atoms with E-state index in [2.05, 4.69) is 20.9 Å². The molecule has 1 amide bonds. The first-order valence-electron chi connectivity index (χ1n) is 12.4. The van der Waals surface area contributed by atoms with Gasteiger partial charge in [-0.25, -0.2) is 9.78 Å². The van der Waals surface area contributed by atoms with Gasteiger partial charge < -0.3 is 24.0 Å². The Morgan fingerprint density at radius 3 is 2.35 bits per heavy atom. The van der Waals surface area contributed by atoms with Crippen molar-refractivity contribution in [3.8, 4) is 11.8 Å². The third-order valence-electron chi connectivity index (χ3n) is 6.65. The van der Waals surface area contributed by atoms with Crippen LogP contribution in [0, 0.1) is 11.3 Å². The summed E-state index contributed by atoms with van der Waals surface area (Å²) in [5, 5.41) is 9.53. The minimum absolute atomic E-state index is 0.00691. The van der Waals surface area contributed by atoms with E-state index in [-0.39, 0.29) is 12.2 Å². The highest BCUT2D eigenvalue weighted by molar-refractivity contribution is 5.68. The minimum atomic E-state index is -0.498. The van der Waals surface area contributed by atoms with Crippen molar-refractivity contribution in [3.63, 3.8) is 0 Å². The van der Waals surface area contributed by atoms with Crippen LogP contribution < -0.4 is 9.64 Å². The van der Waals surface area contributed by atoms with Gasteiger partial charge >= 0.3 is 6.09 Å². The van der Waals surface area contributed by atoms with Crippen molar-refractivity contribution >= 4 is 11.9 Å². The third-order valence-corrected chi connectivity index (χ3v) is 6.65. The van der Waals surface area contributed by atoms with Gasteiger partial charge in [-0.15, -0.1) is 0 Å². The Hall–Kier alpha value is -2.57. The quantitative estimate of drug-likeness (QED) is 0.662. The molecule has 0 atom stereocenters. The van der Waals surface area contributed by atoms with Gasteiger partial charge in [-0.05, 0) is 33.6 Å².